The Morgan fingerprint density at radius 3 is 2.67 bits per heavy atom. The van der Waals surface area contributed by atoms with Gasteiger partial charge in [-0.1, -0.05) is 41.4 Å². The number of H-pyrrole nitrogens is 1. The van der Waals surface area contributed by atoms with Gasteiger partial charge in [0, 0.05) is 22.2 Å². The molecule has 92 valence electrons. The van der Waals surface area contributed by atoms with E-state index < -0.39 is 12.1 Å². The maximum Gasteiger partial charge on any atom is 0.352 e. The van der Waals surface area contributed by atoms with E-state index in [9.17, 15) is 4.79 Å². The van der Waals surface area contributed by atoms with E-state index in [2.05, 4.69) is 4.98 Å². The van der Waals surface area contributed by atoms with Gasteiger partial charge in [0.05, 0.1) is 5.03 Å². The molecule has 1 aromatic carbocycles. The van der Waals surface area contributed by atoms with Gasteiger partial charge in [0.2, 0.25) is 0 Å². The molecule has 0 saturated carbocycles. The first-order chi connectivity index (χ1) is 8.59. The van der Waals surface area contributed by atoms with Gasteiger partial charge in [-0.05, 0) is 13.0 Å². The zero-order valence-corrected chi connectivity index (χ0v) is 11.0. The number of hydrogen-bond donors (Lipinski definition) is 1. The fraction of sp³-hybridized carbons (Fsp3) is 0.154. The Kier molecular flexibility index (Phi) is 2.61. The molecule has 0 saturated heterocycles. The van der Waals surface area contributed by atoms with Gasteiger partial charge < -0.3 is 9.72 Å². The number of benzene rings is 1. The van der Waals surface area contributed by atoms with E-state index in [1.54, 1.807) is 0 Å². The number of hydrogen-bond acceptors (Lipinski definition) is 2. The number of ether oxygens (including phenoxy) is 1. The summed E-state index contributed by atoms with van der Waals surface area (Å²) in [5, 5.41) is 1.19. The number of aryl methyl sites for hydroxylation is 1. The molecule has 0 aliphatic carbocycles. The molecule has 0 amide bonds. The van der Waals surface area contributed by atoms with Gasteiger partial charge in [-0.15, -0.1) is 0 Å². The Morgan fingerprint density at radius 1 is 1.28 bits per heavy atom. The fourth-order valence-corrected chi connectivity index (χ4v) is 2.62. The summed E-state index contributed by atoms with van der Waals surface area (Å²) in [4.78, 5) is 14.7. The van der Waals surface area contributed by atoms with Crippen molar-refractivity contribution < 1.29 is 9.53 Å². The van der Waals surface area contributed by atoms with Gasteiger partial charge in [-0.2, -0.15) is 0 Å². The lowest BCUT2D eigenvalue weighted by atomic mass is 10.1. The lowest BCUT2D eigenvalue weighted by molar-refractivity contribution is -0.139. The molecule has 0 radical (unpaired) electrons. The predicted octanol–water partition coefficient (Wildman–Crippen LogP) is 3.76. The highest BCUT2D eigenvalue weighted by molar-refractivity contribution is 6.48. The second-order valence-electron chi connectivity index (χ2n) is 4.16. The van der Waals surface area contributed by atoms with Crippen LogP contribution in [-0.4, -0.2) is 11.0 Å². The van der Waals surface area contributed by atoms with Crippen LogP contribution >= 0.6 is 23.2 Å². The fourth-order valence-electron chi connectivity index (χ4n) is 2.24. The summed E-state index contributed by atoms with van der Waals surface area (Å²) in [6, 6.07) is 7.78. The summed E-state index contributed by atoms with van der Waals surface area (Å²) < 4.78 is 5.22. The topological polar surface area (TPSA) is 42.1 Å². The van der Waals surface area contributed by atoms with Crippen LogP contribution in [0, 0.1) is 6.92 Å². The number of aromatic amines is 1. The molecule has 2 heterocycles. The second kappa shape index (κ2) is 4.04. The summed E-state index contributed by atoms with van der Waals surface area (Å²) in [6.45, 7) is 1.92. The van der Waals surface area contributed by atoms with Gasteiger partial charge in [-0.25, -0.2) is 4.79 Å². The van der Waals surface area contributed by atoms with Crippen molar-refractivity contribution in [3.05, 3.63) is 45.6 Å². The van der Waals surface area contributed by atoms with Gasteiger partial charge in [0.1, 0.15) is 5.03 Å². The number of carbonyl (C=O) groups is 1. The molecule has 2 aromatic rings. The zero-order chi connectivity index (χ0) is 12.9. The molecule has 1 aromatic heterocycles. The smallest absolute Gasteiger partial charge is 0.352 e. The molecule has 3 nitrogen and oxygen atoms in total. The molecule has 18 heavy (non-hydrogen) atoms. The van der Waals surface area contributed by atoms with Crippen molar-refractivity contribution in [2.24, 2.45) is 0 Å². The van der Waals surface area contributed by atoms with E-state index >= 15 is 0 Å². The van der Waals surface area contributed by atoms with Gasteiger partial charge in [0.15, 0.2) is 6.10 Å². The first-order valence-corrected chi connectivity index (χ1v) is 6.18. The molecule has 1 N–H and O–H groups in total. The molecule has 0 fully saturated rings. The SMILES string of the molecule is Cc1[nH]c2ccccc2c1C1OC(=O)C(Cl)=C1Cl. The van der Waals surface area contributed by atoms with Crippen LogP contribution in [0.2, 0.25) is 0 Å². The van der Waals surface area contributed by atoms with E-state index in [1.807, 2.05) is 31.2 Å². The molecule has 1 atom stereocenters. The third kappa shape index (κ3) is 1.55. The molecular formula is C13H9Cl2NO2. The van der Waals surface area contributed by atoms with Crippen molar-refractivity contribution >= 4 is 40.1 Å². The molecule has 3 rings (SSSR count). The number of nitrogens with one attached hydrogen (secondary N) is 1. The number of rotatable bonds is 1. The number of esters is 1. The van der Waals surface area contributed by atoms with Crippen LogP contribution in [0.3, 0.4) is 0 Å². The lowest BCUT2D eigenvalue weighted by Gasteiger charge is -2.10. The third-order valence-corrected chi connectivity index (χ3v) is 3.89. The van der Waals surface area contributed by atoms with Crippen molar-refractivity contribution in [2.75, 3.05) is 0 Å². The predicted molar refractivity (Wildman–Crippen MR) is 70.6 cm³/mol. The van der Waals surface area contributed by atoms with Crippen LogP contribution < -0.4 is 0 Å². The Bertz CT molecular complexity index is 687. The number of halogens is 2. The molecule has 0 bridgehead atoms. The highest BCUT2D eigenvalue weighted by Gasteiger charge is 2.35. The Morgan fingerprint density at radius 2 is 2.00 bits per heavy atom. The first kappa shape index (κ1) is 11.6. The van der Waals surface area contributed by atoms with E-state index in [0.717, 1.165) is 22.2 Å². The van der Waals surface area contributed by atoms with Crippen LogP contribution in [0.15, 0.2) is 34.3 Å². The summed E-state index contributed by atoms with van der Waals surface area (Å²) in [7, 11) is 0. The monoisotopic (exact) mass is 281 g/mol. The zero-order valence-electron chi connectivity index (χ0n) is 9.46. The van der Waals surface area contributed by atoms with Gasteiger partial charge in [0.25, 0.3) is 0 Å². The minimum Gasteiger partial charge on any atom is -0.447 e. The highest BCUT2D eigenvalue weighted by Crippen LogP contribution is 2.42. The molecule has 1 unspecified atom stereocenters. The summed E-state index contributed by atoms with van der Waals surface area (Å²) in [6.07, 6.45) is -0.609. The molecule has 1 aliphatic heterocycles. The van der Waals surface area contributed by atoms with Crippen LogP contribution in [0.1, 0.15) is 17.4 Å². The van der Waals surface area contributed by atoms with Crippen molar-refractivity contribution in [1.82, 2.24) is 4.98 Å². The largest absolute Gasteiger partial charge is 0.447 e. The van der Waals surface area contributed by atoms with Crippen molar-refractivity contribution in [3.63, 3.8) is 0 Å². The molecule has 5 heteroatoms. The maximum atomic E-state index is 11.4. The first-order valence-electron chi connectivity index (χ1n) is 5.43. The van der Waals surface area contributed by atoms with Crippen molar-refractivity contribution in [2.45, 2.75) is 13.0 Å². The van der Waals surface area contributed by atoms with Crippen LogP contribution in [-0.2, 0) is 9.53 Å². The normalized spacial score (nSPS) is 19.7. The van der Waals surface area contributed by atoms with E-state index in [1.165, 1.54) is 0 Å². The van der Waals surface area contributed by atoms with E-state index in [4.69, 9.17) is 27.9 Å². The van der Waals surface area contributed by atoms with Crippen LogP contribution in [0.25, 0.3) is 10.9 Å². The number of cyclic esters (lactones) is 1. The van der Waals surface area contributed by atoms with Gasteiger partial charge >= 0.3 is 5.97 Å². The second-order valence-corrected chi connectivity index (χ2v) is 4.94. The summed E-state index contributed by atoms with van der Waals surface area (Å²) >= 11 is 11.9. The number of fused-ring (bicyclic) bond motifs is 1. The Hall–Kier alpha value is -1.45. The summed E-state index contributed by atoms with van der Waals surface area (Å²) in [5.41, 5.74) is 2.76. The number of carbonyl (C=O) groups excluding carboxylic acids is 1. The highest BCUT2D eigenvalue weighted by atomic mass is 35.5. The third-order valence-electron chi connectivity index (χ3n) is 3.05. The van der Waals surface area contributed by atoms with Crippen LogP contribution in [0.4, 0.5) is 0 Å². The van der Waals surface area contributed by atoms with Gasteiger partial charge in [-0.3, -0.25) is 0 Å². The number of aromatic nitrogens is 1. The van der Waals surface area contributed by atoms with Crippen LogP contribution in [0.5, 0.6) is 0 Å². The molecular weight excluding hydrogens is 273 g/mol. The maximum absolute atomic E-state index is 11.4. The van der Waals surface area contributed by atoms with E-state index in [0.29, 0.717) is 0 Å². The average Bonchev–Trinajstić information content (AvgIpc) is 2.80. The average molecular weight is 282 g/mol. The Labute approximate surface area is 113 Å². The Balaban J connectivity index is 2.22. The quantitative estimate of drug-likeness (QED) is 0.809. The standard InChI is InChI=1S/C13H9Cl2NO2/c1-6-9(7-4-2-3-5-8(7)16-6)12-10(14)11(15)13(17)18-12/h2-5,12,16H,1H3. The van der Waals surface area contributed by atoms with Crippen molar-refractivity contribution in [3.8, 4) is 0 Å². The van der Waals surface area contributed by atoms with E-state index in [-0.39, 0.29) is 10.1 Å². The minimum absolute atomic E-state index is 0.0358. The summed E-state index contributed by atoms with van der Waals surface area (Å²) in [5.74, 6) is -0.573. The van der Waals surface area contributed by atoms with Crippen molar-refractivity contribution in [1.29, 1.82) is 0 Å². The number of para-hydroxylation sites is 1. The minimum atomic E-state index is -0.609. The molecule has 1 aliphatic rings. The molecule has 0 spiro atoms. The lowest BCUT2D eigenvalue weighted by Crippen LogP contribution is -2.02.